The third kappa shape index (κ3) is 3.78. The van der Waals surface area contributed by atoms with Crippen LogP contribution in [-0.4, -0.2) is 23.6 Å². The van der Waals surface area contributed by atoms with E-state index in [4.69, 9.17) is 0 Å². The van der Waals surface area contributed by atoms with Crippen LogP contribution in [0.4, 0.5) is 4.79 Å². The number of halogens is 1. The maximum Gasteiger partial charge on any atom is 0.426 e. The number of hydrogen-bond acceptors (Lipinski definition) is 6. The summed E-state index contributed by atoms with van der Waals surface area (Å²) in [5.41, 5.74) is 4.60. The summed E-state index contributed by atoms with van der Waals surface area (Å²) in [6, 6.07) is 1.93. The molecule has 6 nitrogen and oxygen atoms in total. The highest BCUT2D eigenvalue weighted by molar-refractivity contribution is 9.10. The molecule has 0 aliphatic carbocycles. The first-order chi connectivity index (χ1) is 9.60. The fraction of sp³-hybridized carbons (Fsp3) is 0.182. The molecule has 0 aliphatic heterocycles. The zero-order valence-corrected chi connectivity index (χ0v) is 13.5. The van der Waals surface area contributed by atoms with Crippen molar-refractivity contribution >= 4 is 50.6 Å². The van der Waals surface area contributed by atoms with E-state index in [1.54, 1.807) is 12.3 Å². The maximum absolute atomic E-state index is 11.8. The molecule has 0 saturated carbocycles. The minimum atomic E-state index is -0.710. The summed E-state index contributed by atoms with van der Waals surface area (Å²) in [5.74, 6) is -0.490. The SMILES string of the molecule is CCOC(=O)NNC(=O)c1csc(-c2cc(Br)cs2)n1. The summed E-state index contributed by atoms with van der Waals surface area (Å²) in [7, 11) is 0. The van der Waals surface area contributed by atoms with Crippen LogP contribution in [0.15, 0.2) is 21.3 Å². The van der Waals surface area contributed by atoms with Crippen molar-refractivity contribution in [1.82, 2.24) is 15.8 Å². The fourth-order valence-electron chi connectivity index (χ4n) is 1.26. The van der Waals surface area contributed by atoms with Gasteiger partial charge in [-0.25, -0.2) is 15.2 Å². The first-order valence-electron chi connectivity index (χ1n) is 5.53. The van der Waals surface area contributed by atoms with Gasteiger partial charge in [0.05, 0.1) is 11.5 Å². The molecule has 2 aromatic rings. The minimum Gasteiger partial charge on any atom is -0.449 e. The quantitative estimate of drug-likeness (QED) is 0.807. The molecule has 0 fully saturated rings. The number of thiophene rings is 1. The lowest BCUT2D eigenvalue weighted by molar-refractivity contribution is 0.0908. The number of thiazole rings is 1. The van der Waals surface area contributed by atoms with Gasteiger partial charge in [0.15, 0.2) is 0 Å². The van der Waals surface area contributed by atoms with Gasteiger partial charge in [0, 0.05) is 15.2 Å². The highest BCUT2D eigenvalue weighted by Crippen LogP contribution is 2.31. The number of amides is 2. The van der Waals surface area contributed by atoms with E-state index in [9.17, 15) is 9.59 Å². The van der Waals surface area contributed by atoms with Gasteiger partial charge in [-0.1, -0.05) is 0 Å². The molecule has 2 heterocycles. The van der Waals surface area contributed by atoms with Gasteiger partial charge < -0.3 is 4.74 Å². The van der Waals surface area contributed by atoms with E-state index < -0.39 is 12.0 Å². The second-order valence-electron chi connectivity index (χ2n) is 3.47. The third-order valence-electron chi connectivity index (χ3n) is 2.07. The second-order valence-corrected chi connectivity index (χ2v) is 6.15. The van der Waals surface area contributed by atoms with Gasteiger partial charge in [-0.3, -0.25) is 10.2 Å². The first kappa shape index (κ1) is 14.9. The predicted octanol–water partition coefficient (Wildman–Crippen LogP) is 3.03. The number of nitrogens with one attached hydrogen (secondary N) is 2. The molecule has 0 bridgehead atoms. The summed E-state index contributed by atoms with van der Waals surface area (Å²) in [5, 5.41) is 4.33. The van der Waals surface area contributed by atoms with Crippen molar-refractivity contribution in [2.45, 2.75) is 6.92 Å². The largest absolute Gasteiger partial charge is 0.449 e. The molecule has 2 amide bonds. The summed E-state index contributed by atoms with van der Waals surface area (Å²) in [4.78, 5) is 28.0. The van der Waals surface area contributed by atoms with Crippen LogP contribution in [0.5, 0.6) is 0 Å². The van der Waals surface area contributed by atoms with Crippen LogP contribution in [-0.2, 0) is 4.74 Å². The number of carbonyl (C=O) groups is 2. The average molecular weight is 376 g/mol. The number of ether oxygens (including phenoxy) is 1. The Hall–Kier alpha value is -1.45. The van der Waals surface area contributed by atoms with Crippen molar-refractivity contribution in [3.63, 3.8) is 0 Å². The summed E-state index contributed by atoms with van der Waals surface area (Å²) >= 11 is 6.26. The average Bonchev–Trinajstić information content (AvgIpc) is 3.04. The minimum absolute atomic E-state index is 0.232. The van der Waals surface area contributed by atoms with E-state index in [1.807, 2.05) is 11.4 Å². The van der Waals surface area contributed by atoms with Crippen LogP contribution in [0.25, 0.3) is 9.88 Å². The van der Waals surface area contributed by atoms with Crippen molar-refractivity contribution in [2.75, 3.05) is 6.61 Å². The number of hydrogen-bond donors (Lipinski definition) is 2. The summed E-state index contributed by atoms with van der Waals surface area (Å²) in [6.07, 6.45) is -0.710. The van der Waals surface area contributed by atoms with Gasteiger partial charge in [-0.05, 0) is 28.9 Å². The predicted molar refractivity (Wildman–Crippen MR) is 80.8 cm³/mol. The van der Waals surface area contributed by atoms with Crippen molar-refractivity contribution < 1.29 is 14.3 Å². The molecule has 0 radical (unpaired) electrons. The van der Waals surface area contributed by atoms with Crippen molar-refractivity contribution in [2.24, 2.45) is 0 Å². The van der Waals surface area contributed by atoms with Gasteiger partial charge in [-0.2, -0.15) is 0 Å². The molecule has 0 spiro atoms. The van der Waals surface area contributed by atoms with Crippen LogP contribution in [0.2, 0.25) is 0 Å². The van der Waals surface area contributed by atoms with E-state index in [2.05, 4.69) is 36.5 Å². The van der Waals surface area contributed by atoms with E-state index >= 15 is 0 Å². The summed E-state index contributed by atoms with van der Waals surface area (Å²) < 4.78 is 5.59. The molecule has 0 unspecified atom stereocenters. The normalized spacial score (nSPS) is 10.1. The Kier molecular flexibility index (Phi) is 5.10. The van der Waals surface area contributed by atoms with Crippen LogP contribution in [0, 0.1) is 0 Å². The first-order valence-corrected chi connectivity index (χ1v) is 8.08. The van der Waals surface area contributed by atoms with E-state index in [0.29, 0.717) is 0 Å². The Labute approximate surface area is 131 Å². The number of nitrogens with zero attached hydrogens (tertiary/aromatic N) is 1. The number of rotatable bonds is 3. The van der Waals surface area contributed by atoms with Gasteiger partial charge in [0.1, 0.15) is 10.7 Å². The van der Waals surface area contributed by atoms with Crippen molar-refractivity contribution in [1.29, 1.82) is 0 Å². The Morgan fingerprint density at radius 2 is 2.15 bits per heavy atom. The molecular formula is C11H10BrN3O3S2. The number of carbonyl (C=O) groups excluding carboxylic acids is 2. The molecule has 0 atom stereocenters. The molecular weight excluding hydrogens is 366 g/mol. The number of aromatic nitrogens is 1. The van der Waals surface area contributed by atoms with Crippen molar-refractivity contribution in [3.8, 4) is 9.88 Å². The molecule has 9 heteroatoms. The zero-order chi connectivity index (χ0) is 14.5. The zero-order valence-electron chi connectivity index (χ0n) is 10.3. The highest BCUT2D eigenvalue weighted by Gasteiger charge is 2.13. The molecule has 0 aromatic carbocycles. The smallest absolute Gasteiger partial charge is 0.426 e. The maximum atomic E-state index is 11.8. The highest BCUT2D eigenvalue weighted by atomic mass is 79.9. The Balaban J connectivity index is 1.98. The lowest BCUT2D eigenvalue weighted by Gasteiger charge is -2.04. The summed E-state index contributed by atoms with van der Waals surface area (Å²) in [6.45, 7) is 1.91. The van der Waals surface area contributed by atoms with Crippen molar-refractivity contribution in [3.05, 3.63) is 27.0 Å². The Bertz CT molecular complexity index is 626. The Morgan fingerprint density at radius 3 is 2.80 bits per heavy atom. The molecule has 106 valence electrons. The topological polar surface area (TPSA) is 80.3 Å². The molecule has 2 N–H and O–H groups in total. The molecule has 2 rings (SSSR count). The second kappa shape index (κ2) is 6.82. The standard InChI is InChI=1S/C11H10BrN3O3S2/c1-2-18-11(17)15-14-9(16)7-5-20-10(13-7)8-3-6(12)4-19-8/h3-5H,2H2,1H3,(H,14,16)(H,15,17). The third-order valence-corrected chi connectivity index (χ3v) is 4.77. The molecule has 0 saturated heterocycles. The monoisotopic (exact) mass is 375 g/mol. The molecule has 0 aliphatic rings. The van der Waals surface area contributed by atoms with Gasteiger partial charge in [0.2, 0.25) is 0 Å². The van der Waals surface area contributed by atoms with E-state index in [-0.39, 0.29) is 12.3 Å². The van der Waals surface area contributed by atoms with Crippen LogP contribution >= 0.6 is 38.6 Å². The molecule has 2 aromatic heterocycles. The van der Waals surface area contributed by atoms with E-state index in [1.165, 1.54) is 22.7 Å². The number of hydrazine groups is 1. The Morgan fingerprint density at radius 1 is 1.35 bits per heavy atom. The van der Waals surface area contributed by atoms with Gasteiger partial charge in [-0.15, -0.1) is 22.7 Å². The lowest BCUT2D eigenvalue weighted by atomic mass is 10.4. The fourth-order valence-corrected chi connectivity index (χ4v) is 3.56. The molecule has 20 heavy (non-hydrogen) atoms. The van der Waals surface area contributed by atoms with Crippen LogP contribution in [0.1, 0.15) is 17.4 Å². The van der Waals surface area contributed by atoms with E-state index in [0.717, 1.165) is 14.4 Å². The van der Waals surface area contributed by atoms with Crippen LogP contribution in [0.3, 0.4) is 0 Å². The lowest BCUT2D eigenvalue weighted by Crippen LogP contribution is -2.42. The van der Waals surface area contributed by atoms with Gasteiger partial charge >= 0.3 is 6.09 Å². The van der Waals surface area contributed by atoms with Crippen LogP contribution < -0.4 is 10.9 Å². The van der Waals surface area contributed by atoms with Gasteiger partial charge in [0.25, 0.3) is 5.91 Å².